The number of morpholine rings is 1. The molecule has 0 aliphatic carbocycles. The number of H-pyrrole nitrogens is 1. The van der Waals surface area contributed by atoms with E-state index in [2.05, 4.69) is 27.0 Å². The molecule has 8 heteroatoms. The Kier molecular flexibility index (Phi) is 6.38. The van der Waals surface area contributed by atoms with E-state index in [4.69, 9.17) is 9.47 Å². The molecule has 3 aromatic rings. The van der Waals surface area contributed by atoms with Crippen molar-refractivity contribution in [3.63, 3.8) is 0 Å². The molecule has 164 valence electrons. The number of hydrogen-bond donors (Lipinski definition) is 1. The average Bonchev–Trinajstić information content (AvgIpc) is 2.84. The molecule has 1 aliphatic heterocycles. The highest BCUT2D eigenvalue weighted by Gasteiger charge is 2.18. The van der Waals surface area contributed by atoms with E-state index >= 15 is 0 Å². The predicted molar refractivity (Wildman–Crippen MR) is 123 cm³/mol. The maximum atomic E-state index is 12.7. The van der Waals surface area contributed by atoms with Crippen molar-refractivity contribution in [2.24, 2.45) is 0 Å². The number of methoxy groups -OCH3 is 1. The molecule has 2 heterocycles. The van der Waals surface area contributed by atoms with Crippen molar-refractivity contribution in [3.8, 4) is 23.1 Å². The molecule has 0 radical (unpaired) electrons. The summed E-state index contributed by atoms with van der Waals surface area (Å²) in [6.45, 7) is 3.65. The Morgan fingerprint density at radius 1 is 1.19 bits per heavy atom. The van der Waals surface area contributed by atoms with Gasteiger partial charge >= 0.3 is 0 Å². The van der Waals surface area contributed by atoms with Crippen LogP contribution in [0.25, 0.3) is 11.3 Å². The van der Waals surface area contributed by atoms with E-state index in [1.807, 2.05) is 30.1 Å². The lowest BCUT2D eigenvalue weighted by atomic mass is 10.1. The van der Waals surface area contributed by atoms with E-state index in [-0.39, 0.29) is 5.56 Å². The van der Waals surface area contributed by atoms with Gasteiger partial charge in [-0.15, -0.1) is 0 Å². The van der Waals surface area contributed by atoms with Crippen molar-refractivity contribution in [1.29, 1.82) is 5.26 Å². The van der Waals surface area contributed by atoms with Crippen LogP contribution in [0, 0.1) is 11.3 Å². The van der Waals surface area contributed by atoms with Gasteiger partial charge in [0.25, 0.3) is 5.56 Å². The van der Waals surface area contributed by atoms with Crippen molar-refractivity contribution < 1.29 is 9.47 Å². The second kappa shape index (κ2) is 9.54. The van der Waals surface area contributed by atoms with Crippen LogP contribution in [0.5, 0.6) is 5.75 Å². The lowest BCUT2D eigenvalue weighted by molar-refractivity contribution is 0.122. The summed E-state index contributed by atoms with van der Waals surface area (Å²) in [4.78, 5) is 24.3. The third kappa shape index (κ3) is 4.43. The standard InChI is InChI=1S/C24H25N5O3/c1-28(16-18-5-3-4-6-21(18)29-11-13-32-14-12-29)24-26-22(20(15-25)23(30)27-24)17-7-9-19(31-2)10-8-17/h3-10H,11-14,16H2,1-2H3,(H,26,27,30). The Labute approximate surface area is 186 Å². The van der Waals surface area contributed by atoms with Crippen LogP contribution in [-0.2, 0) is 11.3 Å². The molecule has 1 aromatic heterocycles. The van der Waals surface area contributed by atoms with Crippen LogP contribution in [-0.4, -0.2) is 50.4 Å². The third-order valence-electron chi connectivity index (χ3n) is 5.49. The number of benzene rings is 2. The lowest BCUT2D eigenvalue weighted by Crippen LogP contribution is -2.37. The smallest absolute Gasteiger partial charge is 0.270 e. The van der Waals surface area contributed by atoms with Gasteiger partial charge in [-0.05, 0) is 35.9 Å². The number of nitrogens with zero attached hydrogens (tertiary/aromatic N) is 4. The molecule has 1 saturated heterocycles. The molecular weight excluding hydrogens is 406 g/mol. The molecule has 2 aromatic carbocycles. The SMILES string of the molecule is COc1ccc(-c2nc(N(C)Cc3ccccc3N3CCOCC3)[nH]c(=O)c2C#N)cc1. The van der Waals surface area contributed by atoms with Gasteiger partial charge in [-0.25, -0.2) is 4.98 Å². The molecule has 4 rings (SSSR count). The van der Waals surface area contributed by atoms with Gasteiger partial charge in [0.1, 0.15) is 17.4 Å². The van der Waals surface area contributed by atoms with E-state index in [0.29, 0.717) is 42.7 Å². The number of nitriles is 1. The number of aromatic nitrogens is 2. The fraction of sp³-hybridized carbons (Fsp3) is 0.292. The van der Waals surface area contributed by atoms with E-state index in [1.54, 1.807) is 31.4 Å². The quantitative estimate of drug-likeness (QED) is 0.641. The zero-order chi connectivity index (χ0) is 22.5. The number of para-hydroxylation sites is 1. The molecule has 8 nitrogen and oxygen atoms in total. The predicted octanol–water partition coefficient (Wildman–Crippen LogP) is 2.79. The lowest BCUT2D eigenvalue weighted by Gasteiger charge is -2.31. The minimum Gasteiger partial charge on any atom is -0.497 e. The van der Waals surface area contributed by atoms with E-state index in [9.17, 15) is 10.1 Å². The van der Waals surface area contributed by atoms with E-state index in [0.717, 1.165) is 24.3 Å². The molecule has 0 amide bonds. The molecule has 0 atom stereocenters. The topological polar surface area (TPSA) is 94.5 Å². The Morgan fingerprint density at radius 2 is 1.91 bits per heavy atom. The van der Waals surface area contributed by atoms with Crippen LogP contribution in [0.3, 0.4) is 0 Å². The molecule has 1 aliphatic rings. The van der Waals surface area contributed by atoms with Crippen molar-refractivity contribution in [1.82, 2.24) is 9.97 Å². The number of aromatic amines is 1. The largest absolute Gasteiger partial charge is 0.497 e. The molecule has 1 N–H and O–H groups in total. The summed E-state index contributed by atoms with van der Waals surface area (Å²) in [6.07, 6.45) is 0. The Hall–Kier alpha value is -3.83. The highest BCUT2D eigenvalue weighted by Crippen LogP contribution is 2.26. The third-order valence-corrected chi connectivity index (χ3v) is 5.49. The second-order valence-corrected chi connectivity index (χ2v) is 7.54. The Bertz CT molecular complexity index is 1180. The van der Waals surface area contributed by atoms with Gasteiger partial charge in [-0.2, -0.15) is 5.26 Å². The molecule has 32 heavy (non-hydrogen) atoms. The second-order valence-electron chi connectivity index (χ2n) is 7.54. The van der Waals surface area contributed by atoms with Gasteiger partial charge in [0, 0.05) is 37.9 Å². The van der Waals surface area contributed by atoms with Crippen LogP contribution in [0.15, 0.2) is 53.3 Å². The summed E-state index contributed by atoms with van der Waals surface area (Å²) in [5.41, 5.74) is 2.82. The maximum absolute atomic E-state index is 12.7. The monoisotopic (exact) mass is 431 g/mol. The van der Waals surface area contributed by atoms with E-state index < -0.39 is 5.56 Å². The molecular formula is C24H25N5O3. The van der Waals surface area contributed by atoms with E-state index in [1.165, 1.54) is 0 Å². The van der Waals surface area contributed by atoms with Crippen molar-refractivity contribution in [2.45, 2.75) is 6.54 Å². The van der Waals surface area contributed by atoms with Gasteiger partial charge in [0.2, 0.25) is 5.95 Å². The maximum Gasteiger partial charge on any atom is 0.270 e. The minimum absolute atomic E-state index is 0.0129. The Morgan fingerprint density at radius 3 is 2.59 bits per heavy atom. The van der Waals surface area contributed by atoms with Gasteiger partial charge in [0.05, 0.1) is 26.0 Å². The van der Waals surface area contributed by atoms with Crippen molar-refractivity contribution in [2.75, 3.05) is 50.3 Å². The molecule has 0 spiro atoms. The van der Waals surface area contributed by atoms with Gasteiger partial charge < -0.3 is 19.3 Å². The minimum atomic E-state index is -0.461. The number of anilines is 2. The summed E-state index contributed by atoms with van der Waals surface area (Å²) in [5, 5.41) is 9.54. The summed E-state index contributed by atoms with van der Waals surface area (Å²) >= 11 is 0. The highest BCUT2D eigenvalue weighted by molar-refractivity contribution is 5.68. The first-order valence-electron chi connectivity index (χ1n) is 10.4. The van der Waals surface area contributed by atoms with Crippen molar-refractivity contribution >= 4 is 11.6 Å². The molecule has 0 unspecified atom stereocenters. The first-order chi connectivity index (χ1) is 15.6. The first kappa shape index (κ1) is 21.4. The number of hydrogen-bond acceptors (Lipinski definition) is 7. The van der Waals surface area contributed by atoms with Crippen LogP contribution in [0.4, 0.5) is 11.6 Å². The summed E-state index contributed by atoms with van der Waals surface area (Å²) in [5.74, 6) is 1.09. The average molecular weight is 431 g/mol. The first-order valence-corrected chi connectivity index (χ1v) is 10.4. The van der Waals surface area contributed by atoms with Crippen LogP contribution >= 0.6 is 0 Å². The zero-order valence-corrected chi connectivity index (χ0v) is 18.2. The summed E-state index contributed by atoms with van der Waals surface area (Å²) < 4.78 is 10.7. The molecule has 0 bridgehead atoms. The van der Waals surface area contributed by atoms with Crippen LogP contribution in [0.2, 0.25) is 0 Å². The fourth-order valence-corrected chi connectivity index (χ4v) is 3.79. The van der Waals surface area contributed by atoms with Gasteiger partial charge in [-0.1, -0.05) is 18.2 Å². The summed E-state index contributed by atoms with van der Waals surface area (Å²) in [7, 11) is 3.46. The molecule has 0 saturated carbocycles. The number of ether oxygens (including phenoxy) is 2. The van der Waals surface area contributed by atoms with Gasteiger partial charge in [-0.3, -0.25) is 9.78 Å². The zero-order valence-electron chi connectivity index (χ0n) is 18.2. The normalized spacial score (nSPS) is 13.5. The number of rotatable bonds is 6. The number of nitrogens with one attached hydrogen (secondary N) is 1. The Balaban J connectivity index is 1.66. The highest BCUT2D eigenvalue weighted by atomic mass is 16.5. The van der Waals surface area contributed by atoms with Crippen LogP contribution < -0.4 is 20.1 Å². The fourth-order valence-electron chi connectivity index (χ4n) is 3.79. The van der Waals surface area contributed by atoms with Crippen LogP contribution in [0.1, 0.15) is 11.1 Å². The molecule has 1 fully saturated rings. The summed E-state index contributed by atoms with van der Waals surface area (Å²) in [6, 6.07) is 17.3. The van der Waals surface area contributed by atoms with Crippen molar-refractivity contribution in [3.05, 3.63) is 70.0 Å². The van der Waals surface area contributed by atoms with Gasteiger partial charge in [0.15, 0.2) is 0 Å².